The molecule has 0 aliphatic heterocycles. The molecule has 2 heteroatoms. The standard InChI is InChI=1S/C36H28N2/c1-36(2,3)38-31-16-10-9-15-29(31)34-32(38)18-17-28-30-21-25-19-23-11-7-8-12-24(23)20-26(25)22-33(30)37(35(28)34)27-13-5-4-6-14-27/h4-22H,1-3H3. The molecule has 0 saturated heterocycles. The smallest absolute Gasteiger partial charge is 0.0641 e. The summed E-state index contributed by atoms with van der Waals surface area (Å²) in [4.78, 5) is 0. The van der Waals surface area contributed by atoms with Crippen molar-refractivity contribution in [2.24, 2.45) is 0 Å². The van der Waals surface area contributed by atoms with E-state index in [0.717, 1.165) is 0 Å². The predicted molar refractivity (Wildman–Crippen MR) is 164 cm³/mol. The van der Waals surface area contributed by atoms with Crippen molar-refractivity contribution in [1.29, 1.82) is 0 Å². The minimum atomic E-state index is -0.0482. The van der Waals surface area contributed by atoms with Crippen LogP contribution in [0.25, 0.3) is 70.8 Å². The summed E-state index contributed by atoms with van der Waals surface area (Å²) in [7, 11) is 0. The molecule has 8 aromatic rings. The van der Waals surface area contributed by atoms with Gasteiger partial charge in [-0.3, -0.25) is 0 Å². The molecule has 0 fully saturated rings. The van der Waals surface area contributed by atoms with Crippen LogP contribution in [0.1, 0.15) is 20.8 Å². The van der Waals surface area contributed by atoms with Crippen LogP contribution < -0.4 is 0 Å². The first-order chi connectivity index (χ1) is 18.5. The first-order valence-electron chi connectivity index (χ1n) is 13.4. The summed E-state index contributed by atoms with van der Waals surface area (Å²) in [6, 6.07) is 42.5. The van der Waals surface area contributed by atoms with Gasteiger partial charge >= 0.3 is 0 Å². The molecule has 182 valence electrons. The van der Waals surface area contributed by atoms with E-state index >= 15 is 0 Å². The second-order valence-electron chi connectivity index (χ2n) is 11.5. The van der Waals surface area contributed by atoms with Crippen LogP contribution in [0.4, 0.5) is 0 Å². The molecule has 0 spiro atoms. The van der Waals surface area contributed by atoms with Crippen LogP contribution in [0.5, 0.6) is 0 Å². The number of benzene rings is 6. The molecule has 2 nitrogen and oxygen atoms in total. The highest BCUT2D eigenvalue weighted by molar-refractivity contribution is 6.27. The molecule has 2 aromatic heterocycles. The fraction of sp³-hybridized carbons (Fsp3) is 0.111. The maximum Gasteiger partial charge on any atom is 0.0641 e. The van der Waals surface area contributed by atoms with Crippen molar-refractivity contribution >= 4 is 65.2 Å². The minimum Gasteiger partial charge on any atom is -0.335 e. The van der Waals surface area contributed by atoms with Gasteiger partial charge in [0.2, 0.25) is 0 Å². The van der Waals surface area contributed by atoms with Gasteiger partial charge in [-0.1, -0.05) is 66.7 Å². The van der Waals surface area contributed by atoms with Gasteiger partial charge in [-0.05, 0) is 90.8 Å². The third kappa shape index (κ3) is 2.89. The molecule has 8 rings (SSSR count). The topological polar surface area (TPSA) is 9.86 Å². The number of hydrogen-bond donors (Lipinski definition) is 0. The molecule has 38 heavy (non-hydrogen) atoms. The van der Waals surface area contributed by atoms with Gasteiger partial charge in [0.1, 0.15) is 0 Å². The van der Waals surface area contributed by atoms with Crippen molar-refractivity contribution in [3.8, 4) is 5.69 Å². The van der Waals surface area contributed by atoms with Crippen molar-refractivity contribution in [2.75, 3.05) is 0 Å². The van der Waals surface area contributed by atoms with Crippen LogP contribution in [0.2, 0.25) is 0 Å². The average Bonchev–Trinajstić information content (AvgIpc) is 3.43. The Morgan fingerprint density at radius 2 is 1.13 bits per heavy atom. The molecule has 0 aliphatic carbocycles. The number of aromatic nitrogens is 2. The van der Waals surface area contributed by atoms with Gasteiger partial charge in [0.05, 0.1) is 16.6 Å². The Bertz CT molecular complexity index is 2200. The summed E-state index contributed by atoms with van der Waals surface area (Å²) in [5.41, 5.74) is 6.22. The number of rotatable bonds is 1. The molecule has 0 atom stereocenters. The fourth-order valence-electron chi connectivity index (χ4n) is 6.56. The van der Waals surface area contributed by atoms with Crippen molar-refractivity contribution < 1.29 is 0 Å². The van der Waals surface area contributed by atoms with Gasteiger partial charge in [0, 0.05) is 38.3 Å². The Morgan fingerprint density at radius 3 is 1.87 bits per heavy atom. The number of fused-ring (bicyclic) bond motifs is 9. The summed E-state index contributed by atoms with van der Waals surface area (Å²) in [6.45, 7) is 6.90. The second kappa shape index (κ2) is 7.49. The van der Waals surface area contributed by atoms with Crippen LogP contribution in [0.3, 0.4) is 0 Å². The zero-order valence-corrected chi connectivity index (χ0v) is 21.9. The molecular formula is C36H28N2. The monoisotopic (exact) mass is 488 g/mol. The van der Waals surface area contributed by atoms with Gasteiger partial charge in [-0.15, -0.1) is 0 Å². The van der Waals surface area contributed by atoms with Crippen molar-refractivity contribution in [2.45, 2.75) is 26.3 Å². The highest BCUT2D eigenvalue weighted by atomic mass is 15.1. The summed E-state index contributed by atoms with van der Waals surface area (Å²) in [5.74, 6) is 0. The molecule has 0 bridgehead atoms. The summed E-state index contributed by atoms with van der Waals surface area (Å²) < 4.78 is 4.99. The maximum absolute atomic E-state index is 2.51. The second-order valence-corrected chi connectivity index (χ2v) is 11.5. The predicted octanol–water partition coefficient (Wildman–Crippen LogP) is 9.95. The SMILES string of the molecule is CC(C)(C)n1c2ccccc2c2c3c(ccc21)c1cc2cc4ccccc4cc2cc1n3-c1ccccc1. The molecule has 6 aromatic carbocycles. The van der Waals surface area contributed by atoms with E-state index in [1.54, 1.807) is 0 Å². The lowest BCUT2D eigenvalue weighted by Crippen LogP contribution is -2.21. The quantitative estimate of drug-likeness (QED) is 0.203. The zero-order valence-electron chi connectivity index (χ0n) is 21.9. The highest BCUT2D eigenvalue weighted by Crippen LogP contribution is 2.43. The number of hydrogen-bond acceptors (Lipinski definition) is 0. The van der Waals surface area contributed by atoms with Gasteiger partial charge in [0.25, 0.3) is 0 Å². The van der Waals surface area contributed by atoms with Crippen molar-refractivity contribution in [1.82, 2.24) is 9.13 Å². The van der Waals surface area contributed by atoms with Gasteiger partial charge in [-0.25, -0.2) is 0 Å². The minimum absolute atomic E-state index is 0.0482. The third-order valence-corrected chi connectivity index (χ3v) is 8.07. The summed E-state index contributed by atoms with van der Waals surface area (Å²) in [6.07, 6.45) is 0. The first kappa shape index (κ1) is 21.5. The zero-order chi connectivity index (χ0) is 25.6. The van der Waals surface area contributed by atoms with E-state index < -0.39 is 0 Å². The fourth-order valence-corrected chi connectivity index (χ4v) is 6.56. The Hall–Kier alpha value is -4.56. The number of para-hydroxylation sites is 2. The molecule has 2 heterocycles. The van der Waals surface area contributed by atoms with Crippen LogP contribution in [-0.2, 0) is 5.54 Å². The molecule has 0 aliphatic rings. The van der Waals surface area contributed by atoms with Crippen LogP contribution >= 0.6 is 0 Å². The molecule has 0 radical (unpaired) electrons. The highest BCUT2D eigenvalue weighted by Gasteiger charge is 2.24. The number of nitrogens with zero attached hydrogens (tertiary/aromatic N) is 2. The Balaban J connectivity index is 1.64. The Labute approximate surface area is 221 Å². The molecule has 0 unspecified atom stereocenters. The van der Waals surface area contributed by atoms with E-state index in [-0.39, 0.29) is 5.54 Å². The Morgan fingerprint density at radius 1 is 0.474 bits per heavy atom. The van der Waals surface area contributed by atoms with E-state index in [1.165, 1.54) is 70.8 Å². The van der Waals surface area contributed by atoms with Crippen molar-refractivity contribution in [3.05, 3.63) is 115 Å². The van der Waals surface area contributed by atoms with Gasteiger partial charge in [0.15, 0.2) is 0 Å². The van der Waals surface area contributed by atoms with E-state index in [2.05, 4.69) is 145 Å². The third-order valence-electron chi connectivity index (χ3n) is 8.07. The molecule has 0 amide bonds. The van der Waals surface area contributed by atoms with Crippen LogP contribution in [0.15, 0.2) is 115 Å². The lowest BCUT2D eigenvalue weighted by atomic mass is 10.0. The largest absolute Gasteiger partial charge is 0.335 e. The normalized spacial score (nSPS) is 12.6. The molecular weight excluding hydrogens is 460 g/mol. The van der Waals surface area contributed by atoms with E-state index in [4.69, 9.17) is 0 Å². The van der Waals surface area contributed by atoms with E-state index in [1.807, 2.05) is 0 Å². The first-order valence-corrected chi connectivity index (χ1v) is 13.4. The Kier molecular flexibility index (Phi) is 4.24. The van der Waals surface area contributed by atoms with E-state index in [9.17, 15) is 0 Å². The summed E-state index contributed by atoms with van der Waals surface area (Å²) in [5, 5.41) is 10.3. The van der Waals surface area contributed by atoms with Gasteiger partial charge < -0.3 is 9.13 Å². The maximum atomic E-state index is 2.51. The lowest BCUT2D eigenvalue weighted by Gasteiger charge is -2.24. The molecule has 0 saturated carbocycles. The lowest BCUT2D eigenvalue weighted by molar-refractivity contribution is 0.423. The van der Waals surface area contributed by atoms with Gasteiger partial charge in [-0.2, -0.15) is 0 Å². The summed E-state index contributed by atoms with van der Waals surface area (Å²) >= 11 is 0. The average molecular weight is 489 g/mol. The van der Waals surface area contributed by atoms with Crippen molar-refractivity contribution in [3.63, 3.8) is 0 Å². The molecule has 0 N–H and O–H groups in total. The van der Waals surface area contributed by atoms with E-state index in [0.29, 0.717) is 0 Å². The van der Waals surface area contributed by atoms with Crippen LogP contribution in [0, 0.1) is 0 Å². The van der Waals surface area contributed by atoms with Crippen LogP contribution in [-0.4, -0.2) is 9.13 Å².